The maximum atomic E-state index is 2.46. The molecule has 26 heavy (non-hydrogen) atoms. The third kappa shape index (κ3) is 2.79. The molecule has 1 aliphatic rings. The average molecular weight is 596 g/mol. The van der Waals surface area contributed by atoms with Gasteiger partial charge < -0.3 is 0 Å². The molecule has 4 heteroatoms. The van der Waals surface area contributed by atoms with E-state index in [2.05, 4.69) is 103 Å². The lowest BCUT2D eigenvalue weighted by Gasteiger charge is -2.26. The van der Waals surface area contributed by atoms with Crippen molar-refractivity contribution in [3.63, 3.8) is 0 Å². The number of benzene rings is 4. The van der Waals surface area contributed by atoms with Crippen molar-refractivity contribution >= 4 is 81.8 Å². The predicted octanol–water partition coefficient (Wildman–Crippen LogP) is 8.37. The topological polar surface area (TPSA) is 0 Å². The van der Waals surface area contributed by atoms with Gasteiger partial charge in [0.15, 0.2) is 0 Å². The molecule has 0 atom stereocenters. The molecule has 5 rings (SSSR count). The van der Waals surface area contributed by atoms with Crippen LogP contribution >= 0.6 is 60.3 Å². The Hall–Kier alpha value is -0.440. The van der Waals surface area contributed by atoms with Crippen LogP contribution in [0.3, 0.4) is 0 Å². The minimum absolute atomic E-state index is 1.05. The molecule has 4 aromatic carbocycles. The van der Waals surface area contributed by atoms with Gasteiger partial charge in [-0.3, -0.25) is 0 Å². The van der Waals surface area contributed by atoms with E-state index in [9.17, 15) is 0 Å². The maximum absolute atomic E-state index is 2.46. The van der Waals surface area contributed by atoms with Crippen LogP contribution in [-0.2, 0) is 12.8 Å². The Bertz CT molecular complexity index is 1080. The third-order valence-electron chi connectivity index (χ3n) is 5.29. The molecule has 0 heterocycles. The van der Waals surface area contributed by atoms with E-state index in [0.717, 1.165) is 12.8 Å². The predicted molar refractivity (Wildman–Crippen MR) is 133 cm³/mol. The summed E-state index contributed by atoms with van der Waals surface area (Å²) in [6.45, 7) is 0. The SMILES string of the molecule is ISc1c2c(c(SI)c3cc4ccccc4cc13)Cc1ccccc1C2. The van der Waals surface area contributed by atoms with E-state index in [1.807, 2.05) is 17.9 Å². The number of hydrogen-bond acceptors (Lipinski definition) is 2. The number of halogens is 2. The molecule has 0 amide bonds. The highest BCUT2D eigenvalue weighted by Gasteiger charge is 2.24. The molecular formula is C22H14I2S2. The molecule has 0 fully saturated rings. The molecule has 1 aliphatic carbocycles. The zero-order valence-corrected chi connectivity index (χ0v) is 19.7. The van der Waals surface area contributed by atoms with Gasteiger partial charge in [-0.15, -0.1) is 0 Å². The molecule has 0 bridgehead atoms. The van der Waals surface area contributed by atoms with Gasteiger partial charge in [0, 0.05) is 52.2 Å². The van der Waals surface area contributed by atoms with Gasteiger partial charge in [-0.1, -0.05) is 66.4 Å². The quantitative estimate of drug-likeness (QED) is 0.148. The van der Waals surface area contributed by atoms with Crippen molar-refractivity contribution in [3.8, 4) is 0 Å². The van der Waals surface area contributed by atoms with Crippen molar-refractivity contribution in [3.05, 3.63) is 82.9 Å². The van der Waals surface area contributed by atoms with E-state index in [0.29, 0.717) is 0 Å². The molecule has 0 aliphatic heterocycles. The first kappa shape index (κ1) is 17.6. The molecule has 0 radical (unpaired) electrons. The highest BCUT2D eigenvalue weighted by molar-refractivity contribution is 14.2. The van der Waals surface area contributed by atoms with Gasteiger partial charge in [-0.2, -0.15) is 0 Å². The molecule has 0 nitrogen and oxygen atoms in total. The van der Waals surface area contributed by atoms with Crippen molar-refractivity contribution in [2.75, 3.05) is 0 Å². The smallest absolute Gasteiger partial charge is 0.0296 e. The second-order valence-corrected chi connectivity index (χ2v) is 10.4. The van der Waals surface area contributed by atoms with Crippen LogP contribution in [-0.4, -0.2) is 0 Å². The molecule has 0 unspecified atom stereocenters. The largest absolute Gasteiger partial charge is 0.0620 e. The molecule has 0 spiro atoms. The minimum Gasteiger partial charge on any atom is -0.0620 e. The molecule has 4 aromatic rings. The first-order valence-electron chi connectivity index (χ1n) is 8.44. The molecule has 0 saturated heterocycles. The molecule has 0 saturated carbocycles. The zero-order valence-electron chi connectivity index (χ0n) is 13.8. The Kier molecular flexibility index (Phi) is 4.88. The summed E-state index contributed by atoms with van der Waals surface area (Å²) in [5.74, 6) is 0. The number of hydrogen-bond donors (Lipinski definition) is 0. The van der Waals surface area contributed by atoms with Gasteiger partial charge in [0.1, 0.15) is 0 Å². The maximum Gasteiger partial charge on any atom is 0.0296 e. The van der Waals surface area contributed by atoms with Crippen LogP contribution < -0.4 is 0 Å². The monoisotopic (exact) mass is 596 g/mol. The Labute approximate surface area is 185 Å². The van der Waals surface area contributed by atoms with E-state index in [4.69, 9.17) is 0 Å². The van der Waals surface area contributed by atoms with Crippen molar-refractivity contribution in [1.82, 2.24) is 0 Å². The van der Waals surface area contributed by atoms with E-state index in [-0.39, 0.29) is 0 Å². The zero-order chi connectivity index (χ0) is 17.7. The fraction of sp³-hybridized carbons (Fsp3) is 0.0909. The Morgan fingerprint density at radius 1 is 0.615 bits per heavy atom. The fourth-order valence-corrected chi connectivity index (χ4v) is 8.15. The molecular weight excluding hydrogens is 582 g/mol. The summed E-state index contributed by atoms with van der Waals surface area (Å²) in [6.07, 6.45) is 2.09. The first-order valence-corrected chi connectivity index (χ1v) is 15.2. The van der Waals surface area contributed by atoms with Crippen LogP contribution in [0.1, 0.15) is 22.3 Å². The average Bonchev–Trinajstić information content (AvgIpc) is 2.69. The van der Waals surface area contributed by atoms with E-state index in [1.54, 1.807) is 0 Å². The van der Waals surface area contributed by atoms with Crippen LogP contribution in [0.4, 0.5) is 0 Å². The van der Waals surface area contributed by atoms with Crippen molar-refractivity contribution in [2.45, 2.75) is 22.6 Å². The lowest BCUT2D eigenvalue weighted by atomic mass is 9.84. The summed E-state index contributed by atoms with van der Waals surface area (Å²) in [6, 6.07) is 22.4. The highest BCUT2D eigenvalue weighted by atomic mass is 127. The second-order valence-electron chi connectivity index (χ2n) is 6.64. The van der Waals surface area contributed by atoms with E-state index >= 15 is 0 Å². The van der Waals surface area contributed by atoms with Crippen LogP contribution in [0.5, 0.6) is 0 Å². The van der Waals surface area contributed by atoms with Crippen LogP contribution in [0.15, 0.2) is 70.5 Å². The van der Waals surface area contributed by atoms with Crippen molar-refractivity contribution in [1.29, 1.82) is 0 Å². The Morgan fingerprint density at radius 3 is 1.46 bits per heavy atom. The summed E-state index contributed by atoms with van der Waals surface area (Å²) in [7, 11) is 3.75. The summed E-state index contributed by atoms with van der Waals surface area (Å²) in [5, 5.41) is 5.46. The highest BCUT2D eigenvalue weighted by Crippen LogP contribution is 2.48. The van der Waals surface area contributed by atoms with Crippen LogP contribution in [0, 0.1) is 0 Å². The summed E-state index contributed by atoms with van der Waals surface area (Å²) in [5.41, 5.74) is 6.03. The summed E-state index contributed by atoms with van der Waals surface area (Å²) >= 11 is 4.93. The molecule has 0 aromatic heterocycles. The van der Waals surface area contributed by atoms with Gasteiger partial charge in [0.05, 0.1) is 0 Å². The van der Waals surface area contributed by atoms with Crippen LogP contribution in [0.25, 0.3) is 21.5 Å². The van der Waals surface area contributed by atoms with E-state index in [1.165, 1.54) is 53.6 Å². The molecule has 0 N–H and O–H groups in total. The first-order chi connectivity index (χ1) is 12.8. The van der Waals surface area contributed by atoms with Crippen molar-refractivity contribution in [2.24, 2.45) is 0 Å². The molecule has 128 valence electrons. The van der Waals surface area contributed by atoms with E-state index < -0.39 is 0 Å². The standard InChI is InChI=1S/C22H14I2S2/c23-25-21-17-9-13-5-1-2-6-14(13)10-18(17)22(26-24)20-12-16-8-4-3-7-15(16)11-19(20)21/h1-10H,11-12H2. The third-order valence-corrected chi connectivity index (χ3v) is 9.18. The summed E-state index contributed by atoms with van der Waals surface area (Å²) < 4.78 is 0. The van der Waals surface area contributed by atoms with Gasteiger partial charge in [-0.25, -0.2) is 0 Å². The second kappa shape index (κ2) is 7.18. The van der Waals surface area contributed by atoms with Gasteiger partial charge >= 0.3 is 0 Å². The van der Waals surface area contributed by atoms with Crippen molar-refractivity contribution < 1.29 is 0 Å². The van der Waals surface area contributed by atoms with Gasteiger partial charge in [0.2, 0.25) is 0 Å². The Balaban J connectivity index is 1.89. The lowest BCUT2D eigenvalue weighted by molar-refractivity contribution is 0.954. The lowest BCUT2D eigenvalue weighted by Crippen LogP contribution is -2.10. The van der Waals surface area contributed by atoms with Gasteiger partial charge in [0.25, 0.3) is 0 Å². The fourth-order valence-electron chi connectivity index (χ4n) is 4.05. The van der Waals surface area contributed by atoms with Crippen LogP contribution in [0.2, 0.25) is 0 Å². The number of rotatable bonds is 2. The minimum atomic E-state index is 1.05. The Morgan fingerprint density at radius 2 is 1.04 bits per heavy atom. The van der Waals surface area contributed by atoms with Gasteiger partial charge in [-0.05, 0) is 68.8 Å². The normalized spacial score (nSPS) is 13.0. The number of fused-ring (bicyclic) bond motifs is 4. The summed E-state index contributed by atoms with van der Waals surface area (Å²) in [4.78, 5) is 2.90.